The molecule has 1 fully saturated rings. The number of carbonyl (C=O) groups is 1. The van der Waals surface area contributed by atoms with Gasteiger partial charge in [0.15, 0.2) is 6.29 Å². The maximum atomic E-state index is 13.7. The molecule has 1 saturated heterocycles. The summed E-state index contributed by atoms with van der Waals surface area (Å²) in [6.07, 6.45) is 0.605. The van der Waals surface area contributed by atoms with Crippen LogP contribution in [0.15, 0.2) is 48.5 Å². The molecule has 4 heteroatoms. The minimum Gasteiger partial charge on any atom is -0.368 e. The molecule has 2 aromatic rings. The van der Waals surface area contributed by atoms with E-state index >= 15 is 0 Å². The number of anilines is 2. The summed E-state index contributed by atoms with van der Waals surface area (Å²) in [7, 11) is 0. The van der Waals surface area contributed by atoms with Crippen LogP contribution >= 0.6 is 0 Å². The van der Waals surface area contributed by atoms with Crippen molar-refractivity contribution in [3.05, 3.63) is 59.9 Å². The van der Waals surface area contributed by atoms with Gasteiger partial charge < -0.3 is 9.80 Å². The minimum atomic E-state index is -0.451. The van der Waals surface area contributed by atoms with E-state index in [2.05, 4.69) is 21.9 Å². The monoisotopic (exact) mass is 284 g/mol. The minimum absolute atomic E-state index is 0.158. The number of hydrogen-bond acceptors (Lipinski definition) is 3. The Balaban J connectivity index is 1.75. The molecule has 1 aliphatic heterocycles. The molecule has 0 saturated carbocycles. The van der Waals surface area contributed by atoms with E-state index < -0.39 is 5.82 Å². The summed E-state index contributed by atoms with van der Waals surface area (Å²) in [5.41, 5.74) is 2.05. The summed E-state index contributed by atoms with van der Waals surface area (Å²) in [5.74, 6) is -0.451. The fraction of sp³-hybridized carbons (Fsp3) is 0.235. The zero-order valence-electron chi connectivity index (χ0n) is 11.7. The van der Waals surface area contributed by atoms with Gasteiger partial charge in [0.2, 0.25) is 0 Å². The second-order valence-corrected chi connectivity index (χ2v) is 5.10. The zero-order chi connectivity index (χ0) is 14.7. The van der Waals surface area contributed by atoms with Crippen LogP contribution in [0.25, 0.3) is 0 Å². The van der Waals surface area contributed by atoms with Gasteiger partial charge in [-0.3, -0.25) is 4.79 Å². The summed E-state index contributed by atoms with van der Waals surface area (Å²) in [5, 5.41) is 0. The Kier molecular flexibility index (Phi) is 3.86. The summed E-state index contributed by atoms with van der Waals surface area (Å²) in [6.45, 7) is 3.27. The third kappa shape index (κ3) is 2.75. The van der Waals surface area contributed by atoms with Crippen LogP contribution in [0, 0.1) is 5.82 Å². The maximum Gasteiger partial charge on any atom is 0.155 e. The topological polar surface area (TPSA) is 23.6 Å². The lowest BCUT2D eigenvalue weighted by Gasteiger charge is -2.37. The van der Waals surface area contributed by atoms with Gasteiger partial charge in [0.1, 0.15) is 5.82 Å². The molecular formula is C17H17FN2O. The molecule has 0 N–H and O–H groups in total. The Labute approximate surface area is 123 Å². The number of hydrogen-bond donors (Lipinski definition) is 0. The number of aldehydes is 1. The summed E-state index contributed by atoms with van der Waals surface area (Å²) >= 11 is 0. The van der Waals surface area contributed by atoms with Crippen LogP contribution in [0.3, 0.4) is 0 Å². The van der Waals surface area contributed by atoms with E-state index in [-0.39, 0.29) is 5.56 Å². The van der Waals surface area contributed by atoms with Gasteiger partial charge in [-0.1, -0.05) is 24.3 Å². The Morgan fingerprint density at radius 1 is 0.857 bits per heavy atom. The van der Waals surface area contributed by atoms with Gasteiger partial charge in [-0.2, -0.15) is 0 Å². The van der Waals surface area contributed by atoms with Crippen LogP contribution in [0.2, 0.25) is 0 Å². The van der Waals surface area contributed by atoms with Gasteiger partial charge in [-0.05, 0) is 24.3 Å². The van der Waals surface area contributed by atoms with Gasteiger partial charge >= 0.3 is 0 Å². The van der Waals surface area contributed by atoms with Crippen molar-refractivity contribution >= 4 is 17.7 Å². The van der Waals surface area contributed by atoms with E-state index in [1.54, 1.807) is 6.07 Å². The molecule has 0 unspecified atom stereocenters. The van der Waals surface area contributed by atoms with E-state index in [1.807, 2.05) is 24.3 Å². The lowest BCUT2D eigenvalue weighted by atomic mass is 10.1. The number of carbonyl (C=O) groups excluding carboxylic acids is 1. The van der Waals surface area contributed by atoms with E-state index in [0.29, 0.717) is 12.0 Å². The lowest BCUT2D eigenvalue weighted by molar-refractivity contribution is 0.112. The van der Waals surface area contributed by atoms with Gasteiger partial charge in [0, 0.05) is 31.9 Å². The first-order chi connectivity index (χ1) is 10.3. The summed E-state index contributed by atoms with van der Waals surface area (Å²) in [6, 6.07) is 15.0. The molecule has 1 aliphatic rings. The molecule has 3 nitrogen and oxygen atoms in total. The Bertz CT molecular complexity index is 622. The van der Waals surface area contributed by atoms with Crippen LogP contribution in [-0.4, -0.2) is 32.5 Å². The van der Waals surface area contributed by atoms with Gasteiger partial charge in [0.05, 0.1) is 11.3 Å². The van der Waals surface area contributed by atoms with Crippen LogP contribution < -0.4 is 9.80 Å². The third-order valence-corrected chi connectivity index (χ3v) is 3.89. The molecule has 0 spiro atoms. The molecule has 21 heavy (non-hydrogen) atoms. The average Bonchev–Trinajstić information content (AvgIpc) is 2.55. The number of piperazine rings is 1. The first kappa shape index (κ1) is 13.6. The van der Waals surface area contributed by atoms with Crippen LogP contribution in [0.5, 0.6) is 0 Å². The standard InChI is InChI=1S/C17H17FN2O/c18-16-7-4-8-17(15(16)13-21)20-11-9-19(10-12-20)14-5-2-1-3-6-14/h1-8,13H,9-12H2. The fourth-order valence-electron chi connectivity index (χ4n) is 2.76. The Hall–Kier alpha value is -2.36. The van der Waals surface area contributed by atoms with Crippen molar-refractivity contribution in [3.63, 3.8) is 0 Å². The number of halogens is 1. The van der Waals surface area contributed by atoms with Crippen molar-refractivity contribution in [2.45, 2.75) is 0 Å². The smallest absolute Gasteiger partial charge is 0.155 e. The fourth-order valence-corrected chi connectivity index (χ4v) is 2.76. The zero-order valence-corrected chi connectivity index (χ0v) is 11.7. The van der Waals surface area contributed by atoms with E-state index in [1.165, 1.54) is 11.8 Å². The lowest BCUT2D eigenvalue weighted by Crippen LogP contribution is -2.46. The Morgan fingerprint density at radius 3 is 2.19 bits per heavy atom. The van der Waals surface area contributed by atoms with Gasteiger partial charge in [-0.25, -0.2) is 4.39 Å². The third-order valence-electron chi connectivity index (χ3n) is 3.89. The first-order valence-corrected chi connectivity index (χ1v) is 7.08. The molecule has 0 aliphatic carbocycles. The SMILES string of the molecule is O=Cc1c(F)cccc1N1CCN(c2ccccc2)CC1. The molecule has 0 aromatic heterocycles. The molecule has 3 rings (SSSR count). The second-order valence-electron chi connectivity index (χ2n) is 5.10. The van der Waals surface area contributed by atoms with Crippen molar-refractivity contribution in [1.29, 1.82) is 0 Å². The highest BCUT2D eigenvalue weighted by molar-refractivity contribution is 5.85. The van der Waals surface area contributed by atoms with Crippen molar-refractivity contribution in [2.24, 2.45) is 0 Å². The highest BCUT2D eigenvalue weighted by atomic mass is 19.1. The predicted molar refractivity (Wildman–Crippen MR) is 82.7 cm³/mol. The number of para-hydroxylation sites is 1. The molecule has 0 atom stereocenters. The van der Waals surface area contributed by atoms with Crippen LogP contribution in [0.1, 0.15) is 10.4 Å². The van der Waals surface area contributed by atoms with Gasteiger partial charge in [0.25, 0.3) is 0 Å². The van der Waals surface area contributed by atoms with Crippen molar-refractivity contribution in [1.82, 2.24) is 0 Å². The largest absolute Gasteiger partial charge is 0.368 e. The number of nitrogens with zero attached hydrogens (tertiary/aromatic N) is 2. The van der Waals surface area contributed by atoms with E-state index in [4.69, 9.17) is 0 Å². The molecule has 1 heterocycles. The van der Waals surface area contributed by atoms with Crippen molar-refractivity contribution in [3.8, 4) is 0 Å². The first-order valence-electron chi connectivity index (χ1n) is 7.08. The van der Waals surface area contributed by atoms with Crippen molar-refractivity contribution in [2.75, 3.05) is 36.0 Å². The average molecular weight is 284 g/mol. The van der Waals surface area contributed by atoms with Crippen LogP contribution in [-0.2, 0) is 0 Å². The molecule has 2 aromatic carbocycles. The Morgan fingerprint density at radius 2 is 1.52 bits per heavy atom. The number of rotatable bonds is 3. The normalized spacial score (nSPS) is 15.1. The predicted octanol–water partition coefficient (Wildman–Crippen LogP) is 2.96. The summed E-state index contributed by atoms with van der Waals surface area (Å²) in [4.78, 5) is 15.5. The molecular weight excluding hydrogens is 267 g/mol. The molecule has 0 amide bonds. The van der Waals surface area contributed by atoms with E-state index in [0.717, 1.165) is 26.2 Å². The highest BCUT2D eigenvalue weighted by Crippen LogP contribution is 2.24. The van der Waals surface area contributed by atoms with E-state index in [9.17, 15) is 9.18 Å². The second kappa shape index (κ2) is 5.95. The molecule has 0 radical (unpaired) electrons. The summed E-state index contributed by atoms with van der Waals surface area (Å²) < 4.78 is 13.7. The molecule has 0 bridgehead atoms. The molecule has 108 valence electrons. The van der Waals surface area contributed by atoms with Gasteiger partial charge in [-0.15, -0.1) is 0 Å². The maximum absolute atomic E-state index is 13.7. The highest BCUT2D eigenvalue weighted by Gasteiger charge is 2.20. The quantitative estimate of drug-likeness (QED) is 0.810. The number of benzene rings is 2. The van der Waals surface area contributed by atoms with Crippen LogP contribution in [0.4, 0.5) is 15.8 Å². The van der Waals surface area contributed by atoms with Crippen molar-refractivity contribution < 1.29 is 9.18 Å².